The fourth-order valence-electron chi connectivity index (χ4n) is 2.34. The van der Waals surface area contributed by atoms with Crippen LogP contribution in [0.25, 0.3) is 6.08 Å². The normalized spacial score (nSPS) is 10.4. The van der Waals surface area contributed by atoms with E-state index in [4.69, 9.17) is 4.74 Å². The first-order chi connectivity index (χ1) is 13.0. The lowest BCUT2D eigenvalue weighted by molar-refractivity contribution is -0.137. The average Bonchev–Trinajstić information content (AvgIpc) is 2.66. The van der Waals surface area contributed by atoms with Crippen LogP contribution in [0.3, 0.4) is 0 Å². The number of anilines is 2. The maximum atomic E-state index is 12.1. The molecule has 0 aliphatic heterocycles. The minimum atomic E-state index is -0.387. The van der Waals surface area contributed by atoms with Gasteiger partial charge in [0.05, 0.1) is 18.8 Å². The van der Waals surface area contributed by atoms with Crippen LogP contribution in [0.15, 0.2) is 54.6 Å². The molecule has 0 saturated heterocycles. The largest absolute Gasteiger partial charge is 0.463 e. The van der Waals surface area contributed by atoms with Crippen LogP contribution in [-0.2, 0) is 14.3 Å². The quantitative estimate of drug-likeness (QED) is 0.424. The Morgan fingerprint density at radius 1 is 1.04 bits per heavy atom. The summed E-state index contributed by atoms with van der Waals surface area (Å²) >= 11 is 0. The number of carbonyl (C=O) groups is 3. The van der Waals surface area contributed by atoms with E-state index in [1.54, 1.807) is 37.3 Å². The van der Waals surface area contributed by atoms with Gasteiger partial charge >= 0.3 is 5.97 Å². The van der Waals surface area contributed by atoms with Crippen LogP contribution in [0.1, 0.15) is 29.8 Å². The Labute approximate surface area is 158 Å². The molecule has 0 spiro atoms. The highest BCUT2D eigenvalue weighted by Crippen LogP contribution is 2.16. The van der Waals surface area contributed by atoms with Crippen molar-refractivity contribution < 1.29 is 19.1 Å². The molecule has 2 aromatic rings. The minimum absolute atomic E-state index is 0.0598. The molecule has 0 bridgehead atoms. The Bertz CT molecular complexity index is 842. The van der Waals surface area contributed by atoms with E-state index < -0.39 is 0 Å². The van der Waals surface area contributed by atoms with Crippen LogP contribution < -0.4 is 10.6 Å². The highest BCUT2D eigenvalue weighted by atomic mass is 16.5. The zero-order chi connectivity index (χ0) is 19.6. The molecule has 0 aromatic heterocycles. The summed E-state index contributed by atoms with van der Waals surface area (Å²) in [5.41, 5.74) is 2.58. The van der Waals surface area contributed by atoms with Crippen molar-refractivity contribution >= 4 is 35.1 Å². The van der Waals surface area contributed by atoms with Gasteiger partial charge in [-0.15, -0.1) is 0 Å². The second-order valence-corrected chi connectivity index (χ2v) is 5.71. The van der Waals surface area contributed by atoms with Crippen LogP contribution in [0.5, 0.6) is 0 Å². The highest BCUT2D eigenvalue weighted by Gasteiger charge is 2.09. The van der Waals surface area contributed by atoms with Crippen molar-refractivity contribution in [3.63, 3.8) is 0 Å². The Balaban J connectivity index is 1.89. The molecule has 0 radical (unpaired) electrons. The number of rotatable bonds is 8. The van der Waals surface area contributed by atoms with Gasteiger partial charge in [-0.2, -0.15) is 0 Å². The first-order valence-electron chi connectivity index (χ1n) is 8.58. The molecule has 0 aliphatic rings. The highest BCUT2D eigenvalue weighted by molar-refractivity contribution is 6.04. The van der Waals surface area contributed by atoms with Crippen molar-refractivity contribution in [2.45, 2.75) is 13.8 Å². The Morgan fingerprint density at radius 2 is 1.74 bits per heavy atom. The SMILES string of the molecule is CCOC(=O)/C=C/c1ccc(NCC(=O)Nc2ccccc2C(C)=O)cc1. The molecule has 0 fully saturated rings. The first-order valence-corrected chi connectivity index (χ1v) is 8.58. The maximum Gasteiger partial charge on any atom is 0.330 e. The predicted molar refractivity (Wildman–Crippen MR) is 106 cm³/mol. The molecule has 6 heteroatoms. The van der Waals surface area contributed by atoms with Crippen LogP contribution >= 0.6 is 0 Å². The molecule has 0 unspecified atom stereocenters. The van der Waals surface area contributed by atoms with Crippen LogP contribution in [0.4, 0.5) is 11.4 Å². The number of amides is 1. The Morgan fingerprint density at radius 3 is 2.41 bits per heavy atom. The first kappa shape index (κ1) is 19.9. The summed E-state index contributed by atoms with van der Waals surface area (Å²) in [6, 6.07) is 14.1. The molecule has 2 N–H and O–H groups in total. The molecule has 6 nitrogen and oxygen atoms in total. The van der Waals surface area contributed by atoms with Gasteiger partial charge in [0.2, 0.25) is 5.91 Å². The number of ketones is 1. The fourth-order valence-corrected chi connectivity index (χ4v) is 2.34. The zero-order valence-electron chi connectivity index (χ0n) is 15.3. The minimum Gasteiger partial charge on any atom is -0.463 e. The van der Waals surface area contributed by atoms with Gasteiger partial charge in [0.25, 0.3) is 0 Å². The van der Waals surface area contributed by atoms with Gasteiger partial charge in [-0.3, -0.25) is 9.59 Å². The van der Waals surface area contributed by atoms with Crippen molar-refractivity contribution in [2.75, 3.05) is 23.8 Å². The fraction of sp³-hybridized carbons (Fsp3) is 0.190. The van der Waals surface area contributed by atoms with Crippen molar-refractivity contribution in [1.29, 1.82) is 0 Å². The molecule has 0 atom stereocenters. The van der Waals surface area contributed by atoms with Crippen molar-refractivity contribution in [3.05, 3.63) is 65.7 Å². The summed E-state index contributed by atoms with van der Waals surface area (Å²) in [5, 5.41) is 5.75. The molecule has 0 heterocycles. The van der Waals surface area contributed by atoms with Crippen LogP contribution in [0, 0.1) is 0 Å². The number of hydrogen-bond donors (Lipinski definition) is 2. The van der Waals surface area contributed by atoms with E-state index in [0.29, 0.717) is 17.9 Å². The van der Waals surface area contributed by atoms with E-state index >= 15 is 0 Å². The van der Waals surface area contributed by atoms with E-state index in [9.17, 15) is 14.4 Å². The number of hydrogen-bond acceptors (Lipinski definition) is 5. The van der Waals surface area contributed by atoms with Gasteiger partial charge in [-0.25, -0.2) is 4.79 Å². The van der Waals surface area contributed by atoms with E-state index in [0.717, 1.165) is 11.3 Å². The lowest BCUT2D eigenvalue weighted by atomic mass is 10.1. The standard InChI is InChI=1S/C21H22N2O4/c1-3-27-21(26)13-10-16-8-11-17(12-9-16)22-14-20(25)23-19-7-5-4-6-18(19)15(2)24/h4-13,22H,3,14H2,1-2H3,(H,23,25)/b13-10+. The number of esters is 1. The maximum absolute atomic E-state index is 12.1. The summed E-state index contributed by atoms with van der Waals surface area (Å²) in [6.45, 7) is 3.61. The second kappa shape index (κ2) is 9.91. The van der Waals surface area contributed by atoms with Gasteiger partial charge in [0, 0.05) is 17.3 Å². The van der Waals surface area contributed by atoms with E-state index in [-0.39, 0.29) is 24.2 Å². The molecule has 1 amide bonds. The monoisotopic (exact) mass is 366 g/mol. The molecule has 27 heavy (non-hydrogen) atoms. The number of Topliss-reactive ketones (excluding diaryl/α,β-unsaturated/α-hetero) is 1. The number of nitrogens with one attached hydrogen (secondary N) is 2. The molecule has 140 valence electrons. The topological polar surface area (TPSA) is 84.5 Å². The van der Waals surface area contributed by atoms with Gasteiger partial charge in [-0.05, 0) is 49.8 Å². The Hall–Kier alpha value is -3.41. The summed E-state index contributed by atoms with van der Waals surface area (Å²) in [4.78, 5) is 35.0. The van der Waals surface area contributed by atoms with Gasteiger partial charge in [0.1, 0.15) is 0 Å². The third-order valence-corrected chi connectivity index (χ3v) is 3.64. The average molecular weight is 366 g/mol. The molecular weight excluding hydrogens is 344 g/mol. The molecular formula is C21H22N2O4. The predicted octanol–water partition coefficient (Wildman–Crippen LogP) is 3.52. The second-order valence-electron chi connectivity index (χ2n) is 5.71. The summed E-state index contributed by atoms with van der Waals surface area (Å²) < 4.78 is 4.82. The number of benzene rings is 2. The molecule has 2 aromatic carbocycles. The van der Waals surface area contributed by atoms with E-state index in [2.05, 4.69) is 10.6 Å². The third kappa shape index (κ3) is 6.43. The Kier molecular flexibility index (Phi) is 7.31. The van der Waals surface area contributed by atoms with Crippen molar-refractivity contribution in [1.82, 2.24) is 0 Å². The van der Waals surface area contributed by atoms with E-state index in [1.807, 2.05) is 24.3 Å². The van der Waals surface area contributed by atoms with Gasteiger partial charge in [-0.1, -0.05) is 24.3 Å². The smallest absolute Gasteiger partial charge is 0.330 e. The number of ether oxygens (including phenoxy) is 1. The van der Waals surface area contributed by atoms with Gasteiger partial charge in [0.15, 0.2) is 5.78 Å². The summed E-state index contributed by atoms with van der Waals surface area (Å²) in [5.74, 6) is -0.748. The summed E-state index contributed by atoms with van der Waals surface area (Å²) in [6.07, 6.45) is 3.03. The van der Waals surface area contributed by atoms with Gasteiger partial charge < -0.3 is 15.4 Å². The lowest BCUT2D eigenvalue weighted by Crippen LogP contribution is -2.22. The molecule has 2 rings (SSSR count). The van der Waals surface area contributed by atoms with E-state index in [1.165, 1.54) is 13.0 Å². The number of carbonyl (C=O) groups excluding carboxylic acids is 3. The van der Waals surface area contributed by atoms with Crippen LogP contribution in [0.2, 0.25) is 0 Å². The van der Waals surface area contributed by atoms with Crippen LogP contribution in [-0.4, -0.2) is 30.8 Å². The lowest BCUT2D eigenvalue weighted by Gasteiger charge is -2.10. The summed E-state index contributed by atoms with van der Waals surface area (Å²) in [7, 11) is 0. The van der Waals surface area contributed by atoms with Crippen molar-refractivity contribution in [2.24, 2.45) is 0 Å². The number of para-hydroxylation sites is 1. The zero-order valence-corrected chi connectivity index (χ0v) is 15.3. The molecule has 0 aliphatic carbocycles. The van der Waals surface area contributed by atoms with Crippen molar-refractivity contribution in [3.8, 4) is 0 Å². The third-order valence-electron chi connectivity index (χ3n) is 3.64. The molecule has 0 saturated carbocycles.